The molecule has 0 bridgehead atoms. The zero-order valence-electron chi connectivity index (χ0n) is 17.2. The Morgan fingerprint density at radius 2 is 2.19 bits per heavy atom. The van der Waals surface area contributed by atoms with Gasteiger partial charge in [-0.25, -0.2) is 0 Å². The van der Waals surface area contributed by atoms with Crippen molar-refractivity contribution in [2.45, 2.75) is 44.7 Å². The van der Waals surface area contributed by atoms with E-state index < -0.39 is 0 Å². The lowest BCUT2D eigenvalue weighted by atomic mass is 10.0. The van der Waals surface area contributed by atoms with Gasteiger partial charge in [0.1, 0.15) is 0 Å². The molecule has 148 valence electrons. The summed E-state index contributed by atoms with van der Waals surface area (Å²) in [5, 5.41) is 11.2. The highest BCUT2D eigenvalue weighted by Gasteiger charge is 2.18. The molecule has 1 aliphatic rings. The van der Waals surface area contributed by atoms with Crippen molar-refractivity contribution in [3.63, 3.8) is 0 Å². The van der Waals surface area contributed by atoms with Gasteiger partial charge in [0.25, 0.3) is 0 Å². The van der Waals surface area contributed by atoms with Gasteiger partial charge in [0.2, 0.25) is 0 Å². The predicted molar refractivity (Wildman–Crippen MR) is 109 cm³/mol. The number of aryl methyl sites for hydroxylation is 1. The summed E-state index contributed by atoms with van der Waals surface area (Å²) < 4.78 is 1.85. The highest BCUT2D eigenvalue weighted by molar-refractivity contribution is 5.79. The Hall–Kier alpha value is -1.60. The lowest BCUT2D eigenvalue weighted by Gasteiger charge is -2.33. The van der Waals surface area contributed by atoms with Crippen molar-refractivity contribution in [3.8, 4) is 0 Å². The van der Waals surface area contributed by atoms with Crippen molar-refractivity contribution in [1.29, 1.82) is 0 Å². The minimum atomic E-state index is 0.261. The van der Waals surface area contributed by atoms with Crippen molar-refractivity contribution in [2.75, 3.05) is 47.3 Å². The Kier molecular flexibility index (Phi) is 8.38. The maximum Gasteiger partial charge on any atom is 0.191 e. The molecule has 2 atom stereocenters. The minimum absolute atomic E-state index is 0.261. The van der Waals surface area contributed by atoms with Crippen LogP contribution < -0.4 is 10.6 Å². The number of aromatic nitrogens is 2. The fourth-order valence-corrected chi connectivity index (χ4v) is 3.60. The second-order valence-corrected chi connectivity index (χ2v) is 7.54. The Balaban J connectivity index is 1.72. The van der Waals surface area contributed by atoms with Gasteiger partial charge in [0.15, 0.2) is 5.96 Å². The predicted octanol–water partition coefficient (Wildman–Crippen LogP) is 1.45. The number of guanidine groups is 1. The number of nitrogens with one attached hydrogen (secondary N) is 2. The van der Waals surface area contributed by atoms with Crippen molar-refractivity contribution in [1.82, 2.24) is 30.2 Å². The first-order valence-electron chi connectivity index (χ1n) is 9.84. The fraction of sp³-hybridized carbons (Fsp3) is 0.789. The lowest BCUT2D eigenvalue weighted by molar-refractivity contribution is 0.159. The topological polar surface area (TPSA) is 60.7 Å². The van der Waals surface area contributed by atoms with E-state index in [9.17, 15) is 0 Å². The highest BCUT2D eigenvalue weighted by atomic mass is 15.3. The van der Waals surface area contributed by atoms with E-state index in [0.717, 1.165) is 31.5 Å². The Morgan fingerprint density at radius 1 is 1.38 bits per heavy atom. The molecule has 0 aliphatic carbocycles. The molecular weight excluding hydrogens is 326 g/mol. The summed E-state index contributed by atoms with van der Waals surface area (Å²) in [4.78, 5) is 9.18. The van der Waals surface area contributed by atoms with E-state index in [2.05, 4.69) is 57.7 Å². The van der Waals surface area contributed by atoms with Crippen molar-refractivity contribution >= 4 is 5.96 Å². The van der Waals surface area contributed by atoms with Crippen LogP contribution in [0.15, 0.2) is 17.4 Å². The standard InChI is InChI=1S/C19H37N7/c1-16-9-6-7-11-26(16)12-8-10-21-19(20-2)22-14-18(24(3)4)17-13-23-25(5)15-17/h13,15-16,18H,6-12,14H2,1-5H3,(H2,20,21,22). The van der Waals surface area contributed by atoms with Crippen LogP contribution in [0.5, 0.6) is 0 Å². The van der Waals surface area contributed by atoms with Gasteiger partial charge in [-0.15, -0.1) is 0 Å². The molecule has 1 aromatic heterocycles. The third-order valence-corrected chi connectivity index (χ3v) is 5.27. The largest absolute Gasteiger partial charge is 0.356 e. The summed E-state index contributed by atoms with van der Waals surface area (Å²) in [6.07, 6.45) is 9.23. The zero-order valence-corrected chi connectivity index (χ0v) is 17.2. The molecule has 0 radical (unpaired) electrons. The fourth-order valence-electron chi connectivity index (χ4n) is 3.60. The molecular formula is C19H37N7. The van der Waals surface area contributed by atoms with Crippen LogP contribution in [0.3, 0.4) is 0 Å². The average Bonchev–Trinajstić information content (AvgIpc) is 3.04. The van der Waals surface area contributed by atoms with Crippen LogP contribution in [-0.2, 0) is 7.05 Å². The summed E-state index contributed by atoms with van der Waals surface area (Å²) >= 11 is 0. The van der Waals surface area contributed by atoms with Crippen LogP contribution >= 0.6 is 0 Å². The Morgan fingerprint density at radius 3 is 2.81 bits per heavy atom. The first kappa shape index (κ1) is 20.7. The quantitative estimate of drug-likeness (QED) is 0.416. The number of piperidine rings is 1. The van der Waals surface area contributed by atoms with E-state index in [-0.39, 0.29) is 6.04 Å². The molecule has 2 heterocycles. The summed E-state index contributed by atoms with van der Waals surface area (Å²) in [6, 6.07) is 0.998. The second-order valence-electron chi connectivity index (χ2n) is 7.54. The zero-order chi connectivity index (χ0) is 18.9. The van der Waals surface area contributed by atoms with E-state index in [1.54, 1.807) is 0 Å². The van der Waals surface area contributed by atoms with Gasteiger partial charge in [-0.2, -0.15) is 5.10 Å². The maximum absolute atomic E-state index is 4.36. The van der Waals surface area contributed by atoms with E-state index >= 15 is 0 Å². The summed E-state index contributed by atoms with van der Waals surface area (Å²) in [5.41, 5.74) is 1.21. The van der Waals surface area contributed by atoms with Gasteiger partial charge in [-0.1, -0.05) is 6.42 Å². The number of hydrogen-bond donors (Lipinski definition) is 2. The van der Waals surface area contributed by atoms with E-state index in [1.165, 1.54) is 37.9 Å². The second kappa shape index (κ2) is 10.5. The number of likely N-dealkylation sites (N-methyl/N-ethyl adjacent to an activating group) is 1. The van der Waals surface area contributed by atoms with Crippen LogP contribution in [-0.4, -0.2) is 78.9 Å². The van der Waals surface area contributed by atoms with Crippen LogP contribution in [0.1, 0.15) is 44.2 Å². The summed E-state index contributed by atoms with van der Waals surface area (Å²) in [7, 11) is 7.97. The third kappa shape index (κ3) is 6.29. The minimum Gasteiger partial charge on any atom is -0.356 e. The van der Waals surface area contributed by atoms with Gasteiger partial charge >= 0.3 is 0 Å². The molecule has 26 heavy (non-hydrogen) atoms. The molecule has 1 fully saturated rings. The number of hydrogen-bond acceptors (Lipinski definition) is 4. The molecule has 1 aliphatic heterocycles. The number of likely N-dealkylation sites (tertiary alicyclic amines) is 1. The molecule has 0 saturated carbocycles. The monoisotopic (exact) mass is 363 g/mol. The van der Waals surface area contributed by atoms with Crippen LogP contribution in [0.4, 0.5) is 0 Å². The van der Waals surface area contributed by atoms with Crippen molar-refractivity contribution in [3.05, 3.63) is 18.0 Å². The first-order chi connectivity index (χ1) is 12.5. The maximum atomic E-state index is 4.36. The molecule has 0 aromatic carbocycles. The molecule has 2 rings (SSSR count). The number of rotatable bonds is 8. The summed E-state index contributed by atoms with van der Waals surface area (Å²) in [6.45, 7) is 6.52. The molecule has 0 amide bonds. The first-order valence-corrected chi connectivity index (χ1v) is 9.84. The average molecular weight is 364 g/mol. The third-order valence-electron chi connectivity index (χ3n) is 5.27. The highest BCUT2D eigenvalue weighted by Crippen LogP contribution is 2.17. The van der Waals surface area contributed by atoms with E-state index in [1.807, 2.05) is 25.0 Å². The molecule has 1 saturated heterocycles. The molecule has 0 spiro atoms. The van der Waals surface area contributed by atoms with Gasteiger partial charge in [0, 0.05) is 51.5 Å². The van der Waals surface area contributed by atoms with Crippen LogP contribution in [0.25, 0.3) is 0 Å². The van der Waals surface area contributed by atoms with Gasteiger partial charge in [-0.05, 0) is 46.8 Å². The van der Waals surface area contributed by atoms with Crippen molar-refractivity contribution < 1.29 is 0 Å². The van der Waals surface area contributed by atoms with Gasteiger partial charge in [-0.3, -0.25) is 9.67 Å². The molecule has 2 N–H and O–H groups in total. The number of aliphatic imine (C=N–C) groups is 1. The lowest BCUT2D eigenvalue weighted by Crippen LogP contribution is -2.43. The van der Waals surface area contributed by atoms with Crippen LogP contribution in [0, 0.1) is 0 Å². The number of nitrogens with zero attached hydrogens (tertiary/aromatic N) is 5. The smallest absolute Gasteiger partial charge is 0.191 e. The summed E-state index contributed by atoms with van der Waals surface area (Å²) in [5.74, 6) is 0.868. The van der Waals surface area contributed by atoms with Gasteiger partial charge < -0.3 is 20.4 Å². The normalized spacial score (nSPS) is 20.4. The Labute approximate surface area is 158 Å². The molecule has 1 aromatic rings. The SMILES string of the molecule is CN=C(NCCCN1CCCCC1C)NCC(c1cnn(C)c1)N(C)C. The Bertz CT molecular complexity index is 552. The van der Waals surface area contributed by atoms with Crippen molar-refractivity contribution in [2.24, 2.45) is 12.0 Å². The molecule has 7 heteroatoms. The molecule has 7 nitrogen and oxygen atoms in total. The van der Waals surface area contributed by atoms with E-state index in [0.29, 0.717) is 0 Å². The van der Waals surface area contributed by atoms with Gasteiger partial charge in [0.05, 0.1) is 12.2 Å². The van der Waals surface area contributed by atoms with Crippen LogP contribution in [0.2, 0.25) is 0 Å². The molecule has 2 unspecified atom stereocenters. The van der Waals surface area contributed by atoms with E-state index in [4.69, 9.17) is 0 Å².